The molecule has 4 nitrogen and oxygen atoms in total. The van der Waals surface area contributed by atoms with E-state index in [-0.39, 0.29) is 18.7 Å². The quantitative estimate of drug-likeness (QED) is 0.328. The molecule has 7 heteroatoms. The van der Waals surface area contributed by atoms with Crippen LogP contribution in [-0.4, -0.2) is 47.1 Å². The molecule has 182 valence electrons. The van der Waals surface area contributed by atoms with Crippen LogP contribution < -0.4 is 5.32 Å². The lowest BCUT2D eigenvalue weighted by molar-refractivity contribution is -0.0551. The highest BCUT2D eigenvalue weighted by Gasteiger charge is 2.33. The van der Waals surface area contributed by atoms with Gasteiger partial charge in [-0.1, -0.05) is 24.3 Å². The van der Waals surface area contributed by atoms with Crippen molar-refractivity contribution >= 4 is 16.7 Å². The number of halogens is 3. The number of hydrogen-bond acceptors (Lipinski definition) is 3. The van der Waals surface area contributed by atoms with E-state index in [9.17, 15) is 13.2 Å². The van der Waals surface area contributed by atoms with Crippen LogP contribution in [0.3, 0.4) is 0 Å². The summed E-state index contributed by atoms with van der Waals surface area (Å²) in [6, 6.07) is 19.1. The van der Waals surface area contributed by atoms with Crippen LogP contribution in [0, 0.1) is 5.82 Å². The number of alkyl halides is 2. The molecule has 0 unspecified atom stereocenters. The molecule has 0 bridgehead atoms. The van der Waals surface area contributed by atoms with Crippen LogP contribution >= 0.6 is 0 Å². The van der Waals surface area contributed by atoms with E-state index in [1.54, 1.807) is 13.1 Å². The average Bonchev–Trinajstić information content (AvgIpc) is 3.23. The number of likely N-dealkylation sites (tertiary alicyclic amines) is 1. The van der Waals surface area contributed by atoms with Crippen molar-refractivity contribution in [2.24, 2.45) is 0 Å². The molecule has 1 fully saturated rings. The van der Waals surface area contributed by atoms with Crippen LogP contribution in [0.1, 0.15) is 24.8 Å². The third-order valence-electron chi connectivity index (χ3n) is 6.81. The van der Waals surface area contributed by atoms with Gasteiger partial charge in [0.2, 0.25) is 0 Å². The highest BCUT2D eigenvalue weighted by molar-refractivity contribution is 5.85. The standard InChI is InChI=1S/C28H29F3N4/c1-32-26-11-9-20(18-24(26)29)25-12-10-23-21(6-5-15-34-16-13-28(30,31)14-17-34)19-35(27(23)33-25)22-7-3-2-4-8-22/h2-4,7-12,18-19,32H,5-6,13-17H2,1H3. The Balaban J connectivity index is 1.43. The molecule has 1 N–H and O–H groups in total. The minimum absolute atomic E-state index is 0.0527. The zero-order valence-electron chi connectivity index (χ0n) is 19.8. The summed E-state index contributed by atoms with van der Waals surface area (Å²) >= 11 is 0. The van der Waals surface area contributed by atoms with Gasteiger partial charge in [-0.25, -0.2) is 18.2 Å². The number of nitrogens with zero attached hydrogens (tertiary/aromatic N) is 3. The number of rotatable bonds is 7. The maximum Gasteiger partial charge on any atom is 0.250 e. The zero-order chi connectivity index (χ0) is 24.4. The van der Waals surface area contributed by atoms with E-state index in [1.165, 1.54) is 11.6 Å². The summed E-state index contributed by atoms with van der Waals surface area (Å²) in [6.45, 7) is 1.70. The second-order valence-electron chi connectivity index (χ2n) is 9.17. The number of piperidine rings is 1. The van der Waals surface area contributed by atoms with Crippen molar-refractivity contribution in [2.45, 2.75) is 31.6 Å². The molecule has 4 aromatic rings. The van der Waals surface area contributed by atoms with Crippen molar-refractivity contribution in [1.82, 2.24) is 14.5 Å². The number of hydrogen-bond donors (Lipinski definition) is 1. The first-order valence-electron chi connectivity index (χ1n) is 12.1. The zero-order valence-corrected chi connectivity index (χ0v) is 19.8. The van der Waals surface area contributed by atoms with Gasteiger partial charge in [0.15, 0.2) is 0 Å². The first-order valence-corrected chi connectivity index (χ1v) is 12.1. The van der Waals surface area contributed by atoms with Gasteiger partial charge in [-0.05, 0) is 61.3 Å². The van der Waals surface area contributed by atoms with Crippen LogP contribution in [0.5, 0.6) is 0 Å². The Bertz CT molecular complexity index is 1310. The normalized spacial score (nSPS) is 16.0. The fourth-order valence-corrected chi connectivity index (χ4v) is 4.79. The lowest BCUT2D eigenvalue weighted by Crippen LogP contribution is -2.39. The molecule has 35 heavy (non-hydrogen) atoms. The van der Waals surface area contributed by atoms with Crippen molar-refractivity contribution in [3.05, 3.63) is 78.2 Å². The van der Waals surface area contributed by atoms with E-state index in [0.29, 0.717) is 30.0 Å². The molecule has 3 heterocycles. The molecule has 2 aromatic heterocycles. The molecule has 5 rings (SSSR count). The lowest BCUT2D eigenvalue weighted by Gasteiger charge is -2.31. The van der Waals surface area contributed by atoms with Gasteiger partial charge < -0.3 is 14.8 Å². The fraction of sp³-hybridized carbons (Fsp3) is 0.321. The molecule has 2 aromatic carbocycles. The van der Waals surface area contributed by atoms with Gasteiger partial charge >= 0.3 is 0 Å². The number of aromatic nitrogens is 2. The smallest absolute Gasteiger partial charge is 0.250 e. The topological polar surface area (TPSA) is 33.1 Å². The van der Waals surface area contributed by atoms with Crippen molar-refractivity contribution < 1.29 is 13.2 Å². The Morgan fingerprint density at radius 3 is 2.49 bits per heavy atom. The molecule has 1 aliphatic rings. The van der Waals surface area contributed by atoms with E-state index in [1.807, 2.05) is 42.5 Å². The molecule has 1 aliphatic heterocycles. The number of fused-ring (bicyclic) bond motifs is 1. The van der Waals surface area contributed by atoms with E-state index in [2.05, 4.69) is 27.0 Å². The van der Waals surface area contributed by atoms with E-state index >= 15 is 0 Å². The summed E-state index contributed by atoms with van der Waals surface area (Å²) in [5, 5.41) is 3.90. The van der Waals surface area contributed by atoms with Crippen molar-refractivity contribution in [3.8, 4) is 16.9 Å². The SMILES string of the molecule is CNc1ccc(-c2ccc3c(CCCN4CCC(F)(F)CC4)cn(-c4ccccc4)c3n2)cc1F. The maximum absolute atomic E-state index is 14.4. The van der Waals surface area contributed by atoms with Crippen LogP contribution in [0.4, 0.5) is 18.9 Å². The second kappa shape index (κ2) is 9.74. The van der Waals surface area contributed by atoms with Gasteiger partial charge in [-0.3, -0.25) is 0 Å². The number of pyridine rings is 1. The molecular formula is C28H29F3N4. The van der Waals surface area contributed by atoms with Crippen molar-refractivity contribution in [3.63, 3.8) is 0 Å². The van der Waals surface area contributed by atoms with Crippen LogP contribution in [0.2, 0.25) is 0 Å². The molecule has 0 spiro atoms. The number of para-hydroxylation sites is 1. The van der Waals surface area contributed by atoms with Gasteiger partial charge in [-0.15, -0.1) is 0 Å². The highest BCUT2D eigenvalue weighted by atomic mass is 19.3. The summed E-state index contributed by atoms with van der Waals surface area (Å²) in [7, 11) is 1.69. The molecule has 0 aliphatic carbocycles. The summed E-state index contributed by atoms with van der Waals surface area (Å²) in [5.74, 6) is -2.83. The monoisotopic (exact) mass is 478 g/mol. The van der Waals surface area contributed by atoms with Crippen LogP contribution in [0.15, 0.2) is 66.9 Å². The average molecular weight is 479 g/mol. The number of aryl methyl sites for hydroxylation is 1. The lowest BCUT2D eigenvalue weighted by atomic mass is 10.0. The van der Waals surface area contributed by atoms with Crippen LogP contribution in [-0.2, 0) is 6.42 Å². The third-order valence-corrected chi connectivity index (χ3v) is 6.81. The Morgan fingerprint density at radius 1 is 1.00 bits per heavy atom. The van der Waals surface area contributed by atoms with Gasteiger partial charge in [0.05, 0.1) is 11.4 Å². The molecule has 0 amide bonds. The maximum atomic E-state index is 14.4. The van der Waals surface area contributed by atoms with Gasteiger partial charge in [0.25, 0.3) is 5.92 Å². The number of anilines is 1. The van der Waals surface area contributed by atoms with E-state index < -0.39 is 5.92 Å². The minimum Gasteiger partial charge on any atom is -0.386 e. The van der Waals surface area contributed by atoms with Gasteiger partial charge in [0, 0.05) is 55.8 Å². The summed E-state index contributed by atoms with van der Waals surface area (Å²) < 4.78 is 43.4. The summed E-state index contributed by atoms with van der Waals surface area (Å²) in [6.07, 6.45) is 3.73. The largest absolute Gasteiger partial charge is 0.386 e. The Hall–Kier alpha value is -3.32. The van der Waals surface area contributed by atoms with Crippen LogP contribution in [0.25, 0.3) is 28.0 Å². The minimum atomic E-state index is -2.51. The molecule has 1 saturated heterocycles. The summed E-state index contributed by atoms with van der Waals surface area (Å²) in [4.78, 5) is 7.07. The second-order valence-corrected chi connectivity index (χ2v) is 9.17. The van der Waals surface area contributed by atoms with Crippen molar-refractivity contribution in [2.75, 3.05) is 32.0 Å². The third kappa shape index (κ3) is 5.05. The number of nitrogens with one attached hydrogen (secondary N) is 1. The van der Waals surface area contributed by atoms with Gasteiger partial charge in [-0.2, -0.15) is 0 Å². The fourth-order valence-electron chi connectivity index (χ4n) is 4.79. The molecule has 0 radical (unpaired) electrons. The van der Waals surface area contributed by atoms with Crippen molar-refractivity contribution in [1.29, 1.82) is 0 Å². The number of benzene rings is 2. The predicted octanol–water partition coefficient (Wildman–Crippen LogP) is 6.54. The van der Waals surface area contributed by atoms with E-state index in [0.717, 1.165) is 36.1 Å². The first kappa shape index (κ1) is 23.4. The van der Waals surface area contributed by atoms with E-state index in [4.69, 9.17) is 4.98 Å². The Morgan fingerprint density at radius 2 is 1.77 bits per heavy atom. The Labute approximate surface area is 203 Å². The summed E-state index contributed by atoms with van der Waals surface area (Å²) in [5.41, 5.74) is 4.86. The molecule has 0 saturated carbocycles. The molecular weight excluding hydrogens is 449 g/mol. The Kier molecular flexibility index (Phi) is 6.52. The molecule has 0 atom stereocenters. The van der Waals surface area contributed by atoms with Gasteiger partial charge in [0.1, 0.15) is 11.5 Å². The predicted molar refractivity (Wildman–Crippen MR) is 135 cm³/mol. The first-order chi connectivity index (χ1) is 16.9. The highest BCUT2D eigenvalue weighted by Crippen LogP contribution is 2.30.